The smallest absolute Gasteiger partial charge is 0.167 e. The molecule has 1 heterocycles. The van der Waals surface area contributed by atoms with Gasteiger partial charge in [-0.2, -0.15) is 0 Å². The van der Waals surface area contributed by atoms with Gasteiger partial charge in [0.15, 0.2) is 5.78 Å². The largest absolute Gasteiger partial charge is 0.496 e. The SMILES string of the molecule is COc1ccccc1CC(=O)C1CNCCO1. The van der Waals surface area contributed by atoms with Gasteiger partial charge in [0.2, 0.25) is 0 Å². The van der Waals surface area contributed by atoms with Gasteiger partial charge in [-0.05, 0) is 6.07 Å². The second kappa shape index (κ2) is 5.80. The van der Waals surface area contributed by atoms with Crippen molar-refractivity contribution >= 4 is 5.78 Å². The molecule has 0 amide bonds. The van der Waals surface area contributed by atoms with E-state index in [0.717, 1.165) is 17.9 Å². The second-order valence-corrected chi connectivity index (χ2v) is 4.02. The van der Waals surface area contributed by atoms with Gasteiger partial charge in [0, 0.05) is 25.1 Å². The van der Waals surface area contributed by atoms with Crippen molar-refractivity contribution in [3.8, 4) is 5.75 Å². The summed E-state index contributed by atoms with van der Waals surface area (Å²) < 4.78 is 10.7. The molecule has 0 aliphatic carbocycles. The summed E-state index contributed by atoms with van der Waals surface area (Å²) in [6.45, 7) is 2.02. The van der Waals surface area contributed by atoms with Crippen LogP contribution in [0.5, 0.6) is 5.75 Å². The van der Waals surface area contributed by atoms with Gasteiger partial charge < -0.3 is 14.8 Å². The van der Waals surface area contributed by atoms with Gasteiger partial charge in [-0.25, -0.2) is 0 Å². The molecule has 1 saturated heterocycles. The average Bonchev–Trinajstić information content (AvgIpc) is 2.40. The van der Waals surface area contributed by atoms with Crippen molar-refractivity contribution in [3.05, 3.63) is 29.8 Å². The topological polar surface area (TPSA) is 47.6 Å². The Balaban J connectivity index is 2.01. The quantitative estimate of drug-likeness (QED) is 0.838. The van der Waals surface area contributed by atoms with Crippen LogP contribution in [0.4, 0.5) is 0 Å². The van der Waals surface area contributed by atoms with E-state index in [0.29, 0.717) is 19.6 Å². The fourth-order valence-electron chi connectivity index (χ4n) is 1.92. The van der Waals surface area contributed by atoms with Gasteiger partial charge in [0.1, 0.15) is 11.9 Å². The zero-order valence-electron chi connectivity index (χ0n) is 9.94. The maximum absolute atomic E-state index is 12.0. The normalized spacial score (nSPS) is 19.9. The number of ether oxygens (including phenoxy) is 2. The zero-order chi connectivity index (χ0) is 12.1. The first-order valence-corrected chi connectivity index (χ1v) is 5.78. The van der Waals surface area contributed by atoms with Gasteiger partial charge >= 0.3 is 0 Å². The van der Waals surface area contributed by atoms with Crippen molar-refractivity contribution in [2.45, 2.75) is 12.5 Å². The zero-order valence-corrected chi connectivity index (χ0v) is 9.94. The molecule has 4 heteroatoms. The highest BCUT2D eigenvalue weighted by molar-refractivity contribution is 5.86. The summed E-state index contributed by atoms with van der Waals surface area (Å²) in [5.74, 6) is 0.853. The summed E-state index contributed by atoms with van der Waals surface area (Å²) in [5.41, 5.74) is 0.911. The minimum Gasteiger partial charge on any atom is -0.496 e. The molecule has 0 bridgehead atoms. The summed E-state index contributed by atoms with van der Waals surface area (Å²) in [6, 6.07) is 7.58. The summed E-state index contributed by atoms with van der Waals surface area (Å²) >= 11 is 0. The molecule has 1 aromatic carbocycles. The van der Waals surface area contributed by atoms with Gasteiger partial charge in [-0.3, -0.25) is 4.79 Å². The predicted octanol–water partition coefficient (Wildman–Crippen LogP) is 0.795. The molecule has 1 unspecified atom stereocenters. The number of ketones is 1. The van der Waals surface area contributed by atoms with E-state index in [9.17, 15) is 4.79 Å². The third-order valence-electron chi connectivity index (χ3n) is 2.84. The van der Waals surface area contributed by atoms with Gasteiger partial charge in [-0.15, -0.1) is 0 Å². The molecule has 1 N–H and O–H groups in total. The Morgan fingerprint density at radius 3 is 3.06 bits per heavy atom. The number of benzene rings is 1. The summed E-state index contributed by atoms with van der Waals surface area (Å²) in [4.78, 5) is 12.0. The van der Waals surface area contributed by atoms with Crippen LogP contribution in [0.25, 0.3) is 0 Å². The molecule has 1 aliphatic heterocycles. The third-order valence-corrected chi connectivity index (χ3v) is 2.84. The summed E-state index contributed by atoms with van der Waals surface area (Å²) in [5, 5.41) is 3.15. The maximum Gasteiger partial charge on any atom is 0.167 e. The number of rotatable bonds is 4. The first kappa shape index (κ1) is 12.1. The van der Waals surface area contributed by atoms with Crippen molar-refractivity contribution in [2.75, 3.05) is 26.8 Å². The Kier molecular flexibility index (Phi) is 4.12. The Bertz CT molecular complexity index is 386. The van der Waals surface area contributed by atoms with Crippen molar-refractivity contribution in [2.24, 2.45) is 0 Å². The molecule has 4 nitrogen and oxygen atoms in total. The molecule has 92 valence electrons. The molecule has 1 atom stereocenters. The van der Waals surface area contributed by atoms with Crippen molar-refractivity contribution in [1.29, 1.82) is 0 Å². The molecule has 0 saturated carbocycles. The Hall–Kier alpha value is -1.39. The number of hydrogen-bond donors (Lipinski definition) is 1. The van der Waals surface area contributed by atoms with Crippen molar-refractivity contribution < 1.29 is 14.3 Å². The van der Waals surface area contributed by atoms with Crippen molar-refractivity contribution in [3.63, 3.8) is 0 Å². The highest BCUT2D eigenvalue weighted by atomic mass is 16.5. The number of Topliss-reactive ketones (excluding diaryl/α,β-unsaturated/α-hetero) is 1. The minimum atomic E-state index is -0.325. The van der Waals surface area contributed by atoms with E-state index >= 15 is 0 Å². The van der Waals surface area contributed by atoms with E-state index in [-0.39, 0.29) is 11.9 Å². The molecule has 17 heavy (non-hydrogen) atoms. The number of methoxy groups -OCH3 is 1. The van der Waals surface area contributed by atoms with Crippen LogP contribution in [-0.2, 0) is 16.0 Å². The van der Waals surface area contributed by atoms with E-state index < -0.39 is 0 Å². The molecule has 2 rings (SSSR count). The molecular weight excluding hydrogens is 218 g/mol. The predicted molar refractivity (Wildman–Crippen MR) is 64.3 cm³/mol. The molecular formula is C13H17NO3. The highest BCUT2D eigenvalue weighted by Crippen LogP contribution is 2.18. The second-order valence-electron chi connectivity index (χ2n) is 4.02. The first-order valence-electron chi connectivity index (χ1n) is 5.78. The number of para-hydroxylation sites is 1. The van der Waals surface area contributed by atoms with E-state index in [1.165, 1.54) is 0 Å². The lowest BCUT2D eigenvalue weighted by Gasteiger charge is -2.22. The lowest BCUT2D eigenvalue weighted by molar-refractivity contribution is -0.131. The number of nitrogens with one attached hydrogen (secondary N) is 1. The van der Waals surface area contributed by atoms with Crippen molar-refractivity contribution in [1.82, 2.24) is 5.32 Å². The number of carbonyl (C=O) groups excluding carboxylic acids is 1. The van der Waals surface area contributed by atoms with Crippen LogP contribution in [0.1, 0.15) is 5.56 Å². The van der Waals surface area contributed by atoms with Crippen LogP contribution in [-0.4, -0.2) is 38.7 Å². The fraction of sp³-hybridized carbons (Fsp3) is 0.462. The highest BCUT2D eigenvalue weighted by Gasteiger charge is 2.22. The summed E-state index contributed by atoms with van der Waals surface area (Å²) in [6.07, 6.45) is 0.0322. The van der Waals surface area contributed by atoms with E-state index in [4.69, 9.17) is 9.47 Å². The Morgan fingerprint density at radius 1 is 1.53 bits per heavy atom. The Labute approximate surface area is 101 Å². The summed E-state index contributed by atoms with van der Waals surface area (Å²) in [7, 11) is 1.61. The van der Waals surface area contributed by atoms with Crippen LogP contribution in [0.15, 0.2) is 24.3 Å². The average molecular weight is 235 g/mol. The number of carbonyl (C=O) groups is 1. The molecule has 0 radical (unpaired) electrons. The Morgan fingerprint density at radius 2 is 2.35 bits per heavy atom. The standard InChI is InChI=1S/C13H17NO3/c1-16-12-5-3-2-4-10(12)8-11(15)13-9-14-6-7-17-13/h2-5,13-14H,6-9H2,1H3. The molecule has 0 aromatic heterocycles. The van der Waals surface area contributed by atoms with Crippen LogP contribution in [0.3, 0.4) is 0 Å². The monoisotopic (exact) mass is 235 g/mol. The van der Waals surface area contributed by atoms with E-state index in [1.54, 1.807) is 7.11 Å². The van der Waals surface area contributed by atoms with Crippen LogP contribution in [0.2, 0.25) is 0 Å². The molecule has 1 fully saturated rings. The fourth-order valence-corrected chi connectivity index (χ4v) is 1.92. The third kappa shape index (κ3) is 3.05. The van der Waals surface area contributed by atoms with E-state index in [1.807, 2.05) is 24.3 Å². The minimum absolute atomic E-state index is 0.0988. The lowest BCUT2D eigenvalue weighted by Crippen LogP contribution is -2.43. The van der Waals surface area contributed by atoms with Gasteiger partial charge in [0.05, 0.1) is 13.7 Å². The first-order chi connectivity index (χ1) is 8.31. The lowest BCUT2D eigenvalue weighted by atomic mass is 10.0. The number of hydrogen-bond acceptors (Lipinski definition) is 4. The molecule has 1 aliphatic rings. The van der Waals surface area contributed by atoms with Crippen LogP contribution < -0.4 is 10.1 Å². The molecule has 1 aromatic rings. The van der Waals surface area contributed by atoms with E-state index in [2.05, 4.69) is 5.32 Å². The molecule has 0 spiro atoms. The van der Waals surface area contributed by atoms with Crippen LogP contribution in [0, 0.1) is 0 Å². The van der Waals surface area contributed by atoms with Gasteiger partial charge in [0.25, 0.3) is 0 Å². The number of morpholine rings is 1. The van der Waals surface area contributed by atoms with Crippen LogP contribution >= 0.6 is 0 Å². The van der Waals surface area contributed by atoms with Gasteiger partial charge in [-0.1, -0.05) is 18.2 Å². The maximum atomic E-state index is 12.0.